The van der Waals surface area contributed by atoms with Gasteiger partial charge in [0.05, 0.1) is 12.6 Å². The molecule has 208 valence electrons. The Morgan fingerprint density at radius 1 is 1.03 bits per heavy atom. The molecule has 39 heavy (non-hydrogen) atoms. The standard InChI is InChI=1S/C23H26N2O2.C6H8O6/c26-23(27-21-16-24-13-10-18(21)11-14-24)25-15-12-17-6-4-5-9-20(17)22(25)19-7-2-1-3-8-19;7-1-2(8)5-3(9)4(10)6(11)12-5/h1-9,18,21-22H,10-16H2;2,5,7-10H,1H2/t21-,22-;2-,5+/m00/s1. The smallest absolute Gasteiger partial charge is 0.410 e. The molecule has 3 saturated heterocycles. The summed E-state index contributed by atoms with van der Waals surface area (Å²) in [7, 11) is 0. The summed E-state index contributed by atoms with van der Waals surface area (Å²) in [5, 5.41) is 35.0. The van der Waals surface area contributed by atoms with Crippen molar-refractivity contribution in [2.24, 2.45) is 5.92 Å². The highest BCUT2D eigenvalue weighted by atomic mass is 16.6. The number of esters is 1. The van der Waals surface area contributed by atoms with Gasteiger partial charge in [-0.2, -0.15) is 0 Å². The van der Waals surface area contributed by atoms with Gasteiger partial charge in [-0.1, -0.05) is 54.6 Å². The fraction of sp³-hybridized carbons (Fsp3) is 0.448. The summed E-state index contributed by atoms with van der Waals surface area (Å²) in [6.45, 7) is 3.24. The van der Waals surface area contributed by atoms with Gasteiger partial charge >= 0.3 is 12.1 Å². The number of benzene rings is 2. The molecule has 1 amide bonds. The summed E-state index contributed by atoms with van der Waals surface area (Å²) in [6, 6.07) is 18.8. The van der Waals surface area contributed by atoms with Gasteiger partial charge in [0.2, 0.25) is 5.76 Å². The molecule has 2 aromatic rings. The Bertz CT molecular complexity index is 1210. The number of hydrogen-bond acceptors (Lipinski definition) is 9. The molecule has 0 aromatic heterocycles. The number of hydrogen-bond donors (Lipinski definition) is 4. The first kappa shape index (κ1) is 27.0. The van der Waals surface area contributed by atoms with Crippen LogP contribution in [0, 0.1) is 5.92 Å². The highest BCUT2D eigenvalue weighted by molar-refractivity contribution is 5.89. The number of nitrogens with zero attached hydrogens (tertiary/aromatic N) is 2. The predicted octanol–water partition coefficient (Wildman–Crippen LogP) is 2.46. The summed E-state index contributed by atoms with van der Waals surface area (Å²) >= 11 is 0. The van der Waals surface area contributed by atoms with Crippen LogP contribution in [0.2, 0.25) is 0 Å². The van der Waals surface area contributed by atoms with E-state index in [0.717, 1.165) is 44.5 Å². The second kappa shape index (κ2) is 11.6. The minimum Gasteiger partial charge on any atom is -0.505 e. The number of ether oxygens (including phenoxy) is 2. The maximum Gasteiger partial charge on any atom is 0.410 e. The van der Waals surface area contributed by atoms with E-state index in [1.54, 1.807) is 0 Å². The molecule has 5 aliphatic rings. The topological polar surface area (TPSA) is 140 Å². The van der Waals surface area contributed by atoms with Crippen LogP contribution in [-0.4, -0.2) is 93.4 Å². The average Bonchev–Trinajstić information content (AvgIpc) is 3.24. The van der Waals surface area contributed by atoms with Crippen LogP contribution in [0.1, 0.15) is 35.6 Å². The summed E-state index contributed by atoms with van der Waals surface area (Å²) in [6.07, 6.45) is 0.312. The zero-order valence-electron chi connectivity index (χ0n) is 21.6. The van der Waals surface area contributed by atoms with Gasteiger partial charge in [0.25, 0.3) is 0 Å². The summed E-state index contributed by atoms with van der Waals surface area (Å²) in [5.41, 5.74) is 3.70. The van der Waals surface area contributed by atoms with Crippen molar-refractivity contribution in [1.29, 1.82) is 0 Å². The van der Waals surface area contributed by atoms with Crippen molar-refractivity contribution in [2.75, 3.05) is 32.8 Å². The van der Waals surface area contributed by atoms with Gasteiger partial charge in [-0.05, 0) is 55.0 Å². The van der Waals surface area contributed by atoms with Gasteiger partial charge in [-0.25, -0.2) is 9.59 Å². The molecule has 5 heterocycles. The minimum absolute atomic E-state index is 0.0496. The van der Waals surface area contributed by atoms with Crippen LogP contribution in [0.15, 0.2) is 66.1 Å². The van der Waals surface area contributed by atoms with Crippen molar-refractivity contribution < 1.29 is 39.5 Å². The van der Waals surface area contributed by atoms with Gasteiger partial charge in [-0.3, -0.25) is 9.80 Å². The monoisotopic (exact) mass is 538 g/mol. The maximum absolute atomic E-state index is 13.2. The van der Waals surface area contributed by atoms with Crippen molar-refractivity contribution in [1.82, 2.24) is 9.80 Å². The predicted molar refractivity (Wildman–Crippen MR) is 140 cm³/mol. The molecule has 0 aliphatic carbocycles. The molecule has 10 nitrogen and oxygen atoms in total. The number of cyclic esters (lactones) is 1. The molecule has 2 aromatic carbocycles. The van der Waals surface area contributed by atoms with Crippen LogP contribution in [0.5, 0.6) is 0 Å². The SMILES string of the molecule is O=C(O[C@H]1CN2CCC1CC2)N1CCc2ccccc2[C@@H]1c1ccccc1.O=C1O[C@H]([C@@H](O)CO)C(O)=C1O. The minimum atomic E-state index is -1.42. The molecule has 3 fully saturated rings. The second-order valence-electron chi connectivity index (χ2n) is 10.3. The number of rotatable bonds is 4. The summed E-state index contributed by atoms with van der Waals surface area (Å²) in [4.78, 5) is 28.1. The molecular formula is C29H34N2O8. The largest absolute Gasteiger partial charge is 0.505 e. The van der Waals surface area contributed by atoms with Gasteiger partial charge in [0.15, 0.2) is 11.9 Å². The lowest BCUT2D eigenvalue weighted by molar-refractivity contribution is -0.147. The Kier molecular flexibility index (Phi) is 8.06. The van der Waals surface area contributed by atoms with Crippen LogP contribution in [0.25, 0.3) is 0 Å². The molecule has 0 spiro atoms. The molecule has 5 aliphatic heterocycles. The number of aliphatic hydroxyl groups excluding tert-OH is 4. The highest BCUT2D eigenvalue weighted by Gasteiger charge is 2.40. The summed E-state index contributed by atoms with van der Waals surface area (Å²) < 4.78 is 10.4. The molecular weight excluding hydrogens is 504 g/mol. The number of fused-ring (bicyclic) bond motifs is 4. The highest BCUT2D eigenvalue weighted by Crippen LogP contribution is 2.37. The normalized spacial score (nSPS) is 28.2. The number of piperidine rings is 3. The Hall–Kier alpha value is -3.60. The van der Waals surface area contributed by atoms with Crippen molar-refractivity contribution in [3.63, 3.8) is 0 Å². The van der Waals surface area contributed by atoms with E-state index in [1.165, 1.54) is 11.1 Å². The first-order valence-corrected chi connectivity index (χ1v) is 13.3. The number of carbonyl (C=O) groups is 2. The zero-order chi connectivity index (χ0) is 27.5. The van der Waals surface area contributed by atoms with Gasteiger partial charge < -0.3 is 29.9 Å². The molecule has 2 bridgehead atoms. The molecule has 0 radical (unpaired) electrons. The van der Waals surface area contributed by atoms with Gasteiger partial charge in [-0.15, -0.1) is 0 Å². The van der Waals surface area contributed by atoms with Crippen molar-refractivity contribution in [2.45, 2.75) is 43.6 Å². The fourth-order valence-electron chi connectivity index (χ4n) is 5.82. The van der Waals surface area contributed by atoms with Crippen LogP contribution >= 0.6 is 0 Å². The third-order valence-corrected chi connectivity index (χ3v) is 7.96. The Labute approximate surface area is 226 Å². The Balaban J connectivity index is 0.000000217. The number of aliphatic hydroxyl groups is 4. The molecule has 4 atom stereocenters. The third-order valence-electron chi connectivity index (χ3n) is 7.96. The zero-order valence-corrected chi connectivity index (χ0v) is 21.6. The Morgan fingerprint density at radius 3 is 2.33 bits per heavy atom. The lowest BCUT2D eigenvalue weighted by Crippen LogP contribution is -2.53. The molecule has 0 unspecified atom stereocenters. The average molecular weight is 539 g/mol. The molecule has 0 saturated carbocycles. The first-order chi connectivity index (χ1) is 18.9. The van der Waals surface area contributed by atoms with Crippen LogP contribution in [0.4, 0.5) is 4.79 Å². The molecule has 7 rings (SSSR count). The van der Waals surface area contributed by atoms with E-state index >= 15 is 0 Å². The van der Waals surface area contributed by atoms with E-state index < -0.39 is 36.3 Å². The van der Waals surface area contributed by atoms with E-state index in [2.05, 4.69) is 46.0 Å². The van der Waals surface area contributed by atoms with E-state index in [4.69, 9.17) is 25.2 Å². The number of carbonyl (C=O) groups excluding carboxylic acids is 2. The molecule has 10 heteroatoms. The van der Waals surface area contributed by atoms with Crippen LogP contribution in [-0.2, 0) is 20.7 Å². The van der Waals surface area contributed by atoms with Crippen LogP contribution in [0.3, 0.4) is 0 Å². The second-order valence-corrected chi connectivity index (χ2v) is 10.3. The van der Waals surface area contributed by atoms with E-state index in [-0.39, 0.29) is 18.2 Å². The van der Waals surface area contributed by atoms with Crippen molar-refractivity contribution in [3.05, 3.63) is 82.8 Å². The van der Waals surface area contributed by atoms with E-state index in [9.17, 15) is 9.59 Å². The fourth-order valence-corrected chi connectivity index (χ4v) is 5.82. The van der Waals surface area contributed by atoms with Crippen molar-refractivity contribution >= 4 is 12.1 Å². The lowest BCUT2D eigenvalue weighted by Gasteiger charge is -2.45. The lowest BCUT2D eigenvalue weighted by atomic mass is 9.86. The van der Waals surface area contributed by atoms with Gasteiger partial charge in [0.1, 0.15) is 12.2 Å². The van der Waals surface area contributed by atoms with Gasteiger partial charge in [0, 0.05) is 13.1 Å². The number of amides is 1. The Morgan fingerprint density at radius 2 is 1.72 bits per heavy atom. The molecule has 4 N–H and O–H groups in total. The third kappa shape index (κ3) is 5.59. The van der Waals surface area contributed by atoms with Crippen LogP contribution < -0.4 is 0 Å². The van der Waals surface area contributed by atoms with E-state index in [0.29, 0.717) is 12.5 Å². The van der Waals surface area contributed by atoms with E-state index in [1.807, 2.05) is 23.1 Å². The first-order valence-electron chi connectivity index (χ1n) is 13.3. The quantitative estimate of drug-likeness (QED) is 0.432. The summed E-state index contributed by atoms with van der Waals surface area (Å²) in [5.74, 6) is -2.25. The maximum atomic E-state index is 13.2. The van der Waals surface area contributed by atoms with Crippen molar-refractivity contribution in [3.8, 4) is 0 Å².